The first kappa shape index (κ1) is 18.9. The van der Waals surface area contributed by atoms with Crippen LogP contribution < -0.4 is 11.1 Å². The fourth-order valence-electron chi connectivity index (χ4n) is 2.93. The van der Waals surface area contributed by atoms with Crippen molar-refractivity contribution in [3.05, 3.63) is 35.4 Å². The van der Waals surface area contributed by atoms with E-state index in [-0.39, 0.29) is 23.8 Å². The van der Waals surface area contributed by atoms with Gasteiger partial charge in [0.1, 0.15) is 0 Å². The van der Waals surface area contributed by atoms with E-state index in [4.69, 9.17) is 10.5 Å². The molecular formula is C19H30N2O3. The third-order valence-electron chi connectivity index (χ3n) is 4.71. The highest BCUT2D eigenvalue weighted by Crippen LogP contribution is 2.24. The number of carbonyl (C=O) groups is 1. The van der Waals surface area contributed by atoms with Crippen LogP contribution in [0.25, 0.3) is 0 Å². The Morgan fingerprint density at radius 1 is 1.29 bits per heavy atom. The molecule has 2 atom stereocenters. The molecule has 1 aromatic carbocycles. The molecule has 5 nitrogen and oxygen atoms in total. The van der Waals surface area contributed by atoms with Gasteiger partial charge in [-0.3, -0.25) is 4.79 Å². The lowest BCUT2D eigenvalue weighted by molar-refractivity contribution is -0.124. The second kappa shape index (κ2) is 8.10. The van der Waals surface area contributed by atoms with Gasteiger partial charge in [-0.05, 0) is 35.3 Å². The van der Waals surface area contributed by atoms with E-state index in [2.05, 4.69) is 26.1 Å². The minimum atomic E-state index is -0.732. The fraction of sp³-hybridized carbons (Fsp3) is 0.632. The third-order valence-corrected chi connectivity index (χ3v) is 4.71. The molecule has 0 bridgehead atoms. The van der Waals surface area contributed by atoms with Gasteiger partial charge >= 0.3 is 0 Å². The van der Waals surface area contributed by atoms with Crippen molar-refractivity contribution >= 4 is 5.91 Å². The number of nitrogens with one attached hydrogen (secondary N) is 1. The van der Waals surface area contributed by atoms with Crippen molar-refractivity contribution in [3.8, 4) is 0 Å². The van der Waals surface area contributed by atoms with Crippen molar-refractivity contribution in [2.45, 2.75) is 51.2 Å². The van der Waals surface area contributed by atoms with Gasteiger partial charge in [-0.15, -0.1) is 0 Å². The SMILES string of the molecule is CC(C)(C)c1ccc(C(O)CNC(=O)C(N)C2CCOCC2)cc1. The van der Waals surface area contributed by atoms with Crippen LogP contribution in [0.2, 0.25) is 0 Å². The summed E-state index contributed by atoms with van der Waals surface area (Å²) in [6.07, 6.45) is 0.890. The van der Waals surface area contributed by atoms with E-state index in [1.165, 1.54) is 5.56 Å². The molecule has 24 heavy (non-hydrogen) atoms. The molecule has 2 unspecified atom stereocenters. The van der Waals surface area contributed by atoms with Crippen molar-refractivity contribution in [2.75, 3.05) is 19.8 Å². The molecule has 0 aliphatic carbocycles. The van der Waals surface area contributed by atoms with Gasteiger partial charge in [0.15, 0.2) is 0 Å². The maximum Gasteiger partial charge on any atom is 0.237 e. The predicted molar refractivity (Wildman–Crippen MR) is 94.6 cm³/mol. The molecule has 1 aliphatic rings. The molecule has 0 radical (unpaired) electrons. The molecule has 0 aromatic heterocycles. The fourth-order valence-corrected chi connectivity index (χ4v) is 2.93. The average Bonchev–Trinajstić information content (AvgIpc) is 2.58. The largest absolute Gasteiger partial charge is 0.387 e. The van der Waals surface area contributed by atoms with Gasteiger partial charge in [0.2, 0.25) is 5.91 Å². The highest BCUT2D eigenvalue weighted by Gasteiger charge is 2.26. The van der Waals surface area contributed by atoms with Gasteiger partial charge in [-0.2, -0.15) is 0 Å². The van der Waals surface area contributed by atoms with Crippen molar-refractivity contribution in [1.82, 2.24) is 5.32 Å². The summed E-state index contributed by atoms with van der Waals surface area (Å²) >= 11 is 0. The molecule has 2 rings (SSSR count). The molecule has 1 fully saturated rings. The monoisotopic (exact) mass is 334 g/mol. The molecule has 134 valence electrons. The lowest BCUT2D eigenvalue weighted by Gasteiger charge is -2.27. The Kier molecular flexibility index (Phi) is 6.38. The predicted octanol–water partition coefficient (Wildman–Crippen LogP) is 1.89. The first-order chi connectivity index (χ1) is 11.3. The van der Waals surface area contributed by atoms with Crippen LogP contribution in [0.3, 0.4) is 0 Å². The molecule has 1 heterocycles. The molecule has 0 saturated carbocycles. The smallest absolute Gasteiger partial charge is 0.237 e. The number of amides is 1. The van der Waals surface area contributed by atoms with Crippen LogP contribution in [0.1, 0.15) is 50.8 Å². The van der Waals surface area contributed by atoms with Crippen LogP contribution in [0, 0.1) is 5.92 Å². The molecule has 5 heteroatoms. The summed E-state index contributed by atoms with van der Waals surface area (Å²) in [5.74, 6) is -0.0470. The number of hydrogen-bond acceptors (Lipinski definition) is 4. The van der Waals surface area contributed by atoms with Crippen LogP contribution in [0.5, 0.6) is 0 Å². The Labute approximate surface area is 144 Å². The summed E-state index contributed by atoms with van der Waals surface area (Å²) in [5.41, 5.74) is 8.12. The van der Waals surface area contributed by atoms with Crippen molar-refractivity contribution in [3.63, 3.8) is 0 Å². The average molecular weight is 334 g/mol. The number of hydrogen-bond donors (Lipinski definition) is 3. The highest BCUT2D eigenvalue weighted by molar-refractivity contribution is 5.81. The zero-order valence-corrected chi connectivity index (χ0v) is 14.9. The van der Waals surface area contributed by atoms with E-state index in [0.29, 0.717) is 13.2 Å². The van der Waals surface area contributed by atoms with Crippen LogP contribution in [-0.4, -0.2) is 36.8 Å². The summed E-state index contributed by atoms with van der Waals surface area (Å²) in [5, 5.41) is 13.0. The van der Waals surface area contributed by atoms with Crippen LogP contribution in [0.15, 0.2) is 24.3 Å². The minimum absolute atomic E-state index is 0.0776. The molecule has 4 N–H and O–H groups in total. The lowest BCUT2D eigenvalue weighted by atomic mass is 9.86. The van der Waals surface area contributed by atoms with Gasteiger partial charge in [0, 0.05) is 19.8 Å². The summed E-state index contributed by atoms with van der Waals surface area (Å²) < 4.78 is 5.29. The van der Waals surface area contributed by atoms with E-state index >= 15 is 0 Å². The van der Waals surface area contributed by atoms with Gasteiger partial charge < -0.3 is 20.9 Å². The maximum atomic E-state index is 12.2. The molecule has 1 saturated heterocycles. The Morgan fingerprint density at radius 2 is 1.88 bits per heavy atom. The highest BCUT2D eigenvalue weighted by atomic mass is 16.5. The Morgan fingerprint density at radius 3 is 2.42 bits per heavy atom. The summed E-state index contributed by atoms with van der Waals surface area (Å²) in [4.78, 5) is 12.2. The van der Waals surface area contributed by atoms with Crippen LogP contribution in [-0.2, 0) is 14.9 Å². The van der Waals surface area contributed by atoms with E-state index in [9.17, 15) is 9.90 Å². The summed E-state index contributed by atoms with van der Waals surface area (Å²) in [6.45, 7) is 7.94. The third kappa shape index (κ3) is 5.03. The Hall–Kier alpha value is -1.43. The zero-order valence-electron chi connectivity index (χ0n) is 14.9. The second-order valence-corrected chi connectivity index (χ2v) is 7.61. The van der Waals surface area contributed by atoms with Crippen molar-refractivity contribution < 1.29 is 14.6 Å². The van der Waals surface area contributed by atoms with E-state index in [1.54, 1.807) is 0 Å². The minimum Gasteiger partial charge on any atom is -0.387 e. The molecule has 1 amide bonds. The molecule has 1 aromatic rings. The number of aliphatic hydroxyl groups is 1. The van der Waals surface area contributed by atoms with Crippen molar-refractivity contribution in [2.24, 2.45) is 11.7 Å². The van der Waals surface area contributed by atoms with E-state index in [1.807, 2.05) is 24.3 Å². The number of nitrogens with two attached hydrogens (primary N) is 1. The van der Waals surface area contributed by atoms with Gasteiger partial charge in [0.25, 0.3) is 0 Å². The zero-order chi connectivity index (χ0) is 17.7. The molecule has 1 aliphatic heterocycles. The van der Waals surface area contributed by atoms with Gasteiger partial charge in [-0.25, -0.2) is 0 Å². The first-order valence-corrected chi connectivity index (χ1v) is 8.68. The summed E-state index contributed by atoms with van der Waals surface area (Å²) in [6, 6.07) is 7.33. The molecular weight excluding hydrogens is 304 g/mol. The number of benzene rings is 1. The standard InChI is InChI=1S/C19H30N2O3/c1-19(2,3)15-6-4-13(5-7-15)16(22)12-21-18(23)17(20)14-8-10-24-11-9-14/h4-7,14,16-17,22H,8-12,20H2,1-3H3,(H,21,23). The number of rotatable bonds is 5. The van der Waals surface area contributed by atoms with Gasteiger partial charge in [-0.1, -0.05) is 45.0 Å². The van der Waals surface area contributed by atoms with Gasteiger partial charge in [0.05, 0.1) is 12.1 Å². The van der Waals surface area contributed by atoms with Crippen LogP contribution >= 0.6 is 0 Å². The van der Waals surface area contributed by atoms with E-state index < -0.39 is 12.1 Å². The number of carbonyl (C=O) groups excluding carboxylic acids is 1. The number of ether oxygens (including phenoxy) is 1. The Balaban J connectivity index is 1.85. The summed E-state index contributed by atoms with van der Waals surface area (Å²) in [7, 11) is 0. The van der Waals surface area contributed by atoms with Crippen molar-refractivity contribution in [1.29, 1.82) is 0 Å². The second-order valence-electron chi connectivity index (χ2n) is 7.61. The lowest BCUT2D eigenvalue weighted by Crippen LogP contribution is -2.47. The Bertz CT molecular complexity index is 531. The molecule has 0 spiro atoms. The normalized spacial score (nSPS) is 18.9. The topological polar surface area (TPSA) is 84.6 Å². The quantitative estimate of drug-likeness (QED) is 0.768. The maximum absolute atomic E-state index is 12.2. The van der Waals surface area contributed by atoms with Crippen LogP contribution in [0.4, 0.5) is 0 Å². The first-order valence-electron chi connectivity index (χ1n) is 8.68. The van der Waals surface area contributed by atoms with E-state index in [0.717, 1.165) is 18.4 Å². The number of aliphatic hydroxyl groups excluding tert-OH is 1.